The first kappa shape index (κ1) is 40.4. The Morgan fingerprint density at radius 3 is 1.66 bits per heavy atom. The largest absolute Gasteiger partial charge is 0.508 e. The fourth-order valence-corrected chi connectivity index (χ4v) is 4.70. The zero-order valence-corrected chi connectivity index (χ0v) is 30.1. The number of aromatic nitrogens is 3. The highest BCUT2D eigenvalue weighted by molar-refractivity contribution is 5.94. The third-order valence-electron chi connectivity index (χ3n) is 7.39. The number of carbonyl (C=O) groups excluding carboxylic acids is 2. The van der Waals surface area contributed by atoms with Crippen LogP contribution in [-0.2, 0) is 25.4 Å². The Morgan fingerprint density at radius 1 is 0.566 bits per heavy atom. The summed E-state index contributed by atoms with van der Waals surface area (Å²) in [5, 5.41) is 24.8. The molecule has 1 heterocycles. The molecule has 15 nitrogen and oxygen atoms in total. The summed E-state index contributed by atoms with van der Waals surface area (Å²) >= 11 is 0. The van der Waals surface area contributed by atoms with Gasteiger partial charge in [-0.3, -0.25) is 9.59 Å². The van der Waals surface area contributed by atoms with Gasteiger partial charge in [0, 0.05) is 49.6 Å². The summed E-state index contributed by atoms with van der Waals surface area (Å²) in [6.07, 6.45) is 1.66. The van der Waals surface area contributed by atoms with Crippen LogP contribution in [0.1, 0.15) is 39.6 Å². The SMILES string of the molecule is CCCOCCOCCNC(=O)c1ccc(Nc2nc(NCCOCCOCCNC(=O)c3ccccc3)nc(NCCc3ccc(O)cc3)n2)cc1. The van der Waals surface area contributed by atoms with Gasteiger partial charge in [-0.1, -0.05) is 37.3 Å². The predicted molar refractivity (Wildman–Crippen MR) is 203 cm³/mol. The fraction of sp³-hybridized carbons (Fsp3) is 0.395. The van der Waals surface area contributed by atoms with E-state index in [0.29, 0.717) is 120 Å². The van der Waals surface area contributed by atoms with Crippen molar-refractivity contribution in [3.05, 3.63) is 95.6 Å². The maximum Gasteiger partial charge on any atom is 0.251 e. The molecule has 6 N–H and O–H groups in total. The lowest BCUT2D eigenvalue weighted by Gasteiger charge is -2.12. The van der Waals surface area contributed by atoms with E-state index in [-0.39, 0.29) is 17.6 Å². The maximum atomic E-state index is 12.6. The Labute approximate surface area is 310 Å². The minimum atomic E-state index is -0.199. The van der Waals surface area contributed by atoms with Gasteiger partial charge in [-0.05, 0) is 66.9 Å². The highest BCUT2D eigenvalue weighted by Gasteiger charge is 2.10. The van der Waals surface area contributed by atoms with Crippen molar-refractivity contribution in [2.45, 2.75) is 19.8 Å². The zero-order valence-electron chi connectivity index (χ0n) is 30.1. The molecule has 0 aliphatic carbocycles. The molecule has 0 bridgehead atoms. The Bertz CT molecular complexity index is 1630. The van der Waals surface area contributed by atoms with Crippen LogP contribution in [0.15, 0.2) is 78.9 Å². The van der Waals surface area contributed by atoms with Crippen molar-refractivity contribution in [1.29, 1.82) is 0 Å². The van der Waals surface area contributed by atoms with Gasteiger partial charge in [-0.15, -0.1) is 0 Å². The molecule has 0 spiro atoms. The summed E-state index contributed by atoms with van der Waals surface area (Å²) in [7, 11) is 0. The van der Waals surface area contributed by atoms with Gasteiger partial charge in [0.2, 0.25) is 17.8 Å². The molecule has 284 valence electrons. The van der Waals surface area contributed by atoms with Crippen molar-refractivity contribution < 1.29 is 33.6 Å². The van der Waals surface area contributed by atoms with Crippen molar-refractivity contribution in [3.8, 4) is 5.75 Å². The van der Waals surface area contributed by atoms with Crippen molar-refractivity contribution in [1.82, 2.24) is 25.6 Å². The summed E-state index contributed by atoms with van der Waals surface area (Å²) in [5.41, 5.74) is 2.86. The molecule has 0 saturated heterocycles. The first-order valence-electron chi connectivity index (χ1n) is 17.8. The average molecular weight is 731 g/mol. The monoisotopic (exact) mass is 730 g/mol. The van der Waals surface area contributed by atoms with Crippen molar-refractivity contribution >= 4 is 35.3 Å². The first-order valence-corrected chi connectivity index (χ1v) is 17.8. The van der Waals surface area contributed by atoms with E-state index in [1.165, 1.54) is 0 Å². The van der Waals surface area contributed by atoms with E-state index in [9.17, 15) is 14.7 Å². The zero-order chi connectivity index (χ0) is 37.4. The second-order valence-corrected chi connectivity index (χ2v) is 11.6. The first-order chi connectivity index (χ1) is 26.0. The van der Waals surface area contributed by atoms with Crippen LogP contribution < -0.4 is 26.6 Å². The molecule has 1 aromatic heterocycles. The molecule has 0 aliphatic heterocycles. The minimum absolute atomic E-state index is 0.135. The number of aromatic hydroxyl groups is 1. The van der Waals surface area contributed by atoms with E-state index in [1.54, 1.807) is 48.5 Å². The molecule has 53 heavy (non-hydrogen) atoms. The number of nitrogens with zero attached hydrogens (tertiary/aromatic N) is 3. The third kappa shape index (κ3) is 16.3. The fourth-order valence-electron chi connectivity index (χ4n) is 4.70. The van der Waals surface area contributed by atoms with E-state index in [0.717, 1.165) is 12.0 Å². The number of rotatable bonds is 26. The molecule has 0 aliphatic rings. The topological polar surface area (TPSA) is 190 Å². The summed E-state index contributed by atoms with van der Waals surface area (Å²) < 4.78 is 22.1. The molecule has 15 heteroatoms. The molecule has 0 atom stereocenters. The molecular weight excluding hydrogens is 680 g/mol. The smallest absolute Gasteiger partial charge is 0.251 e. The molecule has 0 unspecified atom stereocenters. The van der Waals surface area contributed by atoms with Crippen LogP contribution >= 0.6 is 0 Å². The summed E-state index contributed by atoms with van der Waals surface area (Å²) in [4.78, 5) is 38.2. The third-order valence-corrected chi connectivity index (χ3v) is 7.39. The van der Waals surface area contributed by atoms with E-state index < -0.39 is 0 Å². The molecule has 0 fully saturated rings. The highest BCUT2D eigenvalue weighted by atomic mass is 16.5. The quantitative estimate of drug-likeness (QED) is 0.0509. The van der Waals surface area contributed by atoms with Crippen molar-refractivity contribution in [3.63, 3.8) is 0 Å². The lowest BCUT2D eigenvalue weighted by Crippen LogP contribution is -2.27. The number of hydrogen-bond donors (Lipinski definition) is 6. The summed E-state index contributed by atoms with van der Waals surface area (Å²) in [6, 6.07) is 23.0. The van der Waals surface area contributed by atoms with Crippen LogP contribution in [0.2, 0.25) is 0 Å². The van der Waals surface area contributed by atoms with Gasteiger partial charge in [0.25, 0.3) is 11.8 Å². The molecule has 0 radical (unpaired) electrons. The summed E-state index contributed by atoms with van der Waals surface area (Å²) in [6.45, 7) is 7.52. The normalized spacial score (nSPS) is 10.8. The van der Waals surface area contributed by atoms with E-state index in [4.69, 9.17) is 18.9 Å². The van der Waals surface area contributed by atoms with Crippen LogP contribution in [0.25, 0.3) is 0 Å². The summed E-state index contributed by atoms with van der Waals surface area (Å²) in [5.74, 6) is 0.903. The lowest BCUT2D eigenvalue weighted by molar-refractivity contribution is 0.0485. The Morgan fingerprint density at radius 2 is 1.08 bits per heavy atom. The second-order valence-electron chi connectivity index (χ2n) is 11.6. The number of phenolic OH excluding ortho intramolecular Hbond substituents is 1. The van der Waals surface area contributed by atoms with Gasteiger partial charge in [-0.25, -0.2) is 0 Å². The second kappa shape index (κ2) is 24.0. The van der Waals surface area contributed by atoms with Gasteiger partial charge in [0.1, 0.15) is 5.75 Å². The van der Waals surface area contributed by atoms with E-state index in [1.807, 2.05) is 30.3 Å². The molecule has 2 amide bonds. The number of phenols is 1. The number of amides is 2. The number of carbonyl (C=O) groups is 2. The lowest BCUT2D eigenvalue weighted by atomic mass is 10.1. The number of ether oxygens (including phenoxy) is 4. The van der Waals surface area contributed by atoms with Gasteiger partial charge in [0.15, 0.2) is 0 Å². The van der Waals surface area contributed by atoms with Crippen LogP contribution in [-0.4, -0.2) is 111 Å². The molecule has 3 aromatic carbocycles. The average Bonchev–Trinajstić information content (AvgIpc) is 3.18. The highest BCUT2D eigenvalue weighted by Crippen LogP contribution is 2.17. The standard InChI is InChI=1S/C38H50N8O7/c1-2-21-50-25-26-51-23-19-40-35(49)31-10-12-32(13-11-31)43-38-45-36(41-17-16-29-8-14-33(47)15-9-29)44-37(46-38)42-20-24-53-28-27-52-22-18-39-34(48)30-6-4-3-5-7-30/h3-15,47H,2,16-28H2,1H3,(H,39,48)(H,40,49)(H3,41,42,43,44,45,46). The molecule has 4 rings (SSSR count). The molecule has 4 aromatic rings. The predicted octanol–water partition coefficient (Wildman–Crippen LogP) is 4.02. The number of anilines is 4. The number of nitrogens with one attached hydrogen (secondary N) is 5. The van der Waals surface area contributed by atoms with Crippen LogP contribution in [0, 0.1) is 0 Å². The Kier molecular flexibility index (Phi) is 18.3. The number of benzene rings is 3. The maximum absolute atomic E-state index is 12.6. The van der Waals surface area contributed by atoms with Crippen molar-refractivity contribution in [2.75, 3.05) is 95.0 Å². The Balaban J connectivity index is 1.21. The molecule has 0 saturated carbocycles. The number of hydrogen-bond acceptors (Lipinski definition) is 13. The minimum Gasteiger partial charge on any atom is -0.508 e. The Hall–Kier alpha value is -5.35. The van der Waals surface area contributed by atoms with E-state index in [2.05, 4.69) is 48.5 Å². The van der Waals surface area contributed by atoms with Crippen LogP contribution in [0.5, 0.6) is 5.75 Å². The van der Waals surface area contributed by atoms with Gasteiger partial charge < -0.3 is 50.6 Å². The van der Waals surface area contributed by atoms with Crippen LogP contribution in [0.4, 0.5) is 23.5 Å². The van der Waals surface area contributed by atoms with Gasteiger partial charge in [-0.2, -0.15) is 15.0 Å². The van der Waals surface area contributed by atoms with Crippen LogP contribution in [0.3, 0.4) is 0 Å². The van der Waals surface area contributed by atoms with Crippen molar-refractivity contribution in [2.24, 2.45) is 0 Å². The van der Waals surface area contributed by atoms with E-state index >= 15 is 0 Å². The molecular formula is C38H50N8O7. The van der Waals surface area contributed by atoms with Gasteiger partial charge >= 0.3 is 0 Å². The van der Waals surface area contributed by atoms with Gasteiger partial charge in [0.05, 0.1) is 46.2 Å².